The van der Waals surface area contributed by atoms with Gasteiger partial charge in [0.05, 0.1) is 0 Å². The fourth-order valence-electron chi connectivity index (χ4n) is 1.95. The second-order valence-electron chi connectivity index (χ2n) is 5.53. The van der Waals surface area contributed by atoms with Crippen LogP contribution in [0.3, 0.4) is 0 Å². The van der Waals surface area contributed by atoms with Gasteiger partial charge in [0.2, 0.25) is 0 Å². The average molecular weight is 299 g/mol. The maximum atomic E-state index is 6.07. The molecule has 96 valence electrons. The summed E-state index contributed by atoms with van der Waals surface area (Å²) >= 11 is 3.63. The fourth-order valence-corrected chi connectivity index (χ4v) is 2.49. The van der Waals surface area contributed by atoms with E-state index in [0.717, 1.165) is 12.8 Å². The van der Waals surface area contributed by atoms with Crippen molar-refractivity contribution in [3.05, 3.63) is 34.3 Å². The molecule has 0 radical (unpaired) electrons. The van der Waals surface area contributed by atoms with E-state index in [9.17, 15) is 0 Å². The monoisotopic (exact) mass is 298 g/mol. The second-order valence-corrected chi connectivity index (χ2v) is 6.38. The largest absolute Gasteiger partial charge is 0.326 e. The van der Waals surface area contributed by atoms with Gasteiger partial charge in [-0.25, -0.2) is 0 Å². The van der Waals surface area contributed by atoms with Gasteiger partial charge in [-0.15, -0.1) is 0 Å². The zero-order valence-corrected chi connectivity index (χ0v) is 12.8. The van der Waals surface area contributed by atoms with Crippen molar-refractivity contribution >= 4 is 15.9 Å². The van der Waals surface area contributed by atoms with Gasteiger partial charge in [0.25, 0.3) is 0 Å². The summed E-state index contributed by atoms with van der Waals surface area (Å²) in [5, 5.41) is 0. The summed E-state index contributed by atoms with van der Waals surface area (Å²) in [7, 11) is 4.24. The van der Waals surface area contributed by atoms with Crippen molar-refractivity contribution in [3.63, 3.8) is 0 Å². The van der Waals surface area contributed by atoms with Crippen LogP contribution in [0.5, 0.6) is 0 Å². The molecule has 1 atom stereocenters. The van der Waals surface area contributed by atoms with Crippen LogP contribution in [-0.2, 0) is 0 Å². The molecule has 0 amide bonds. The van der Waals surface area contributed by atoms with Crippen LogP contribution in [0.2, 0.25) is 0 Å². The van der Waals surface area contributed by atoms with Crippen LogP contribution in [0.1, 0.15) is 38.3 Å². The summed E-state index contributed by atoms with van der Waals surface area (Å²) in [5.74, 6) is 0. The van der Waals surface area contributed by atoms with E-state index in [4.69, 9.17) is 5.73 Å². The van der Waals surface area contributed by atoms with Gasteiger partial charge in [0.15, 0.2) is 0 Å². The van der Waals surface area contributed by atoms with Gasteiger partial charge < -0.3 is 10.6 Å². The Labute approximate surface area is 113 Å². The van der Waals surface area contributed by atoms with Crippen molar-refractivity contribution in [3.8, 4) is 0 Å². The number of nitrogens with zero attached hydrogens (tertiary/aromatic N) is 1. The molecule has 1 aromatic rings. The standard InChI is InChI=1S/C14H23BrN2/c1-14(2,16)10-9-13(17(3)4)11-7-5-6-8-12(11)15/h5-8,13H,9-10,16H2,1-4H3. The Morgan fingerprint density at radius 2 is 1.88 bits per heavy atom. The van der Waals surface area contributed by atoms with Gasteiger partial charge in [-0.05, 0) is 52.4 Å². The highest BCUT2D eigenvalue weighted by Gasteiger charge is 2.20. The van der Waals surface area contributed by atoms with E-state index < -0.39 is 0 Å². The molecule has 2 N–H and O–H groups in total. The van der Waals surface area contributed by atoms with Crippen LogP contribution < -0.4 is 5.73 Å². The lowest BCUT2D eigenvalue weighted by molar-refractivity contribution is 0.261. The van der Waals surface area contributed by atoms with E-state index in [1.807, 2.05) is 6.07 Å². The summed E-state index contributed by atoms with van der Waals surface area (Å²) in [6.45, 7) is 4.17. The van der Waals surface area contributed by atoms with E-state index in [0.29, 0.717) is 6.04 Å². The molecular weight excluding hydrogens is 276 g/mol. The number of rotatable bonds is 5. The van der Waals surface area contributed by atoms with Gasteiger partial charge in [-0.2, -0.15) is 0 Å². The highest BCUT2D eigenvalue weighted by molar-refractivity contribution is 9.10. The topological polar surface area (TPSA) is 29.3 Å². The molecule has 0 saturated carbocycles. The first-order valence-electron chi connectivity index (χ1n) is 6.01. The molecule has 0 bridgehead atoms. The Bertz CT molecular complexity index is 355. The lowest BCUT2D eigenvalue weighted by Gasteiger charge is -2.29. The molecular formula is C14H23BrN2. The third kappa shape index (κ3) is 4.78. The minimum absolute atomic E-state index is 0.102. The summed E-state index contributed by atoms with van der Waals surface area (Å²) in [5.41, 5.74) is 7.30. The fraction of sp³-hybridized carbons (Fsp3) is 0.571. The average Bonchev–Trinajstić information content (AvgIpc) is 2.18. The van der Waals surface area contributed by atoms with E-state index in [-0.39, 0.29) is 5.54 Å². The molecule has 1 unspecified atom stereocenters. The van der Waals surface area contributed by atoms with Gasteiger partial charge in [0, 0.05) is 16.1 Å². The quantitative estimate of drug-likeness (QED) is 0.900. The zero-order chi connectivity index (χ0) is 13.1. The van der Waals surface area contributed by atoms with Gasteiger partial charge >= 0.3 is 0 Å². The number of nitrogens with two attached hydrogens (primary N) is 1. The highest BCUT2D eigenvalue weighted by Crippen LogP contribution is 2.31. The lowest BCUT2D eigenvalue weighted by atomic mass is 9.93. The summed E-state index contributed by atoms with van der Waals surface area (Å²) in [4.78, 5) is 2.26. The first-order valence-corrected chi connectivity index (χ1v) is 6.80. The summed E-state index contributed by atoms with van der Waals surface area (Å²) < 4.78 is 1.17. The molecule has 17 heavy (non-hydrogen) atoms. The van der Waals surface area contributed by atoms with Crippen LogP contribution in [-0.4, -0.2) is 24.5 Å². The zero-order valence-electron chi connectivity index (χ0n) is 11.2. The second kappa shape index (κ2) is 5.98. The van der Waals surface area contributed by atoms with Crippen LogP contribution in [0.25, 0.3) is 0 Å². The summed E-state index contributed by atoms with van der Waals surface area (Å²) in [6.07, 6.45) is 2.08. The molecule has 0 aliphatic carbocycles. The molecule has 0 fully saturated rings. The van der Waals surface area contributed by atoms with Crippen molar-refractivity contribution in [1.82, 2.24) is 4.90 Å². The lowest BCUT2D eigenvalue weighted by Crippen LogP contribution is -2.33. The molecule has 0 aromatic heterocycles. The first kappa shape index (κ1) is 14.7. The predicted molar refractivity (Wildman–Crippen MR) is 78.1 cm³/mol. The number of halogens is 1. The third-order valence-corrected chi connectivity index (χ3v) is 3.67. The van der Waals surface area contributed by atoms with Crippen LogP contribution in [0, 0.1) is 0 Å². The van der Waals surface area contributed by atoms with Gasteiger partial charge in [-0.1, -0.05) is 34.1 Å². The van der Waals surface area contributed by atoms with Crippen molar-refractivity contribution < 1.29 is 0 Å². The normalized spacial score (nSPS) is 14.1. The van der Waals surface area contributed by atoms with Crippen LogP contribution in [0.15, 0.2) is 28.7 Å². The van der Waals surface area contributed by atoms with Crippen molar-refractivity contribution in [2.75, 3.05) is 14.1 Å². The van der Waals surface area contributed by atoms with Crippen LogP contribution >= 0.6 is 15.9 Å². The maximum absolute atomic E-state index is 6.07. The predicted octanol–water partition coefficient (Wildman–Crippen LogP) is 3.57. The molecule has 0 saturated heterocycles. The molecule has 0 aliphatic heterocycles. The highest BCUT2D eigenvalue weighted by atomic mass is 79.9. The summed E-state index contributed by atoms with van der Waals surface area (Å²) in [6, 6.07) is 8.82. The Hall–Kier alpha value is -0.380. The molecule has 1 aromatic carbocycles. The molecule has 2 nitrogen and oxygen atoms in total. The minimum Gasteiger partial charge on any atom is -0.326 e. The minimum atomic E-state index is -0.102. The molecule has 0 aliphatic rings. The third-order valence-electron chi connectivity index (χ3n) is 2.95. The molecule has 3 heteroatoms. The van der Waals surface area contributed by atoms with Crippen LogP contribution in [0.4, 0.5) is 0 Å². The Morgan fingerprint density at radius 1 is 1.29 bits per heavy atom. The van der Waals surface area contributed by atoms with E-state index in [2.05, 4.69) is 67.0 Å². The Kier molecular flexibility index (Phi) is 5.17. The Balaban J connectivity index is 2.84. The smallest absolute Gasteiger partial charge is 0.0353 e. The maximum Gasteiger partial charge on any atom is 0.0353 e. The van der Waals surface area contributed by atoms with Crippen molar-refractivity contribution in [2.24, 2.45) is 5.73 Å². The van der Waals surface area contributed by atoms with Gasteiger partial charge in [0.1, 0.15) is 0 Å². The molecule has 0 heterocycles. The SMILES string of the molecule is CN(C)C(CCC(C)(C)N)c1ccccc1Br. The number of benzene rings is 1. The molecule has 1 rings (SSSR count). The first-order chi connectivity index (χ1) is 7.81. The number of hydrogen-bond donors (Lipinski definition) is 1. The number of hydrogen-bond acceptors (Lipinski definition) is 2. The van der Waals surface area contributed by atoms with Gasteiger partial charge in [-0.3, -0.25) is 0 Å². The van der Waals surface area contributed by atoms with Crippen molar-refractivity contribution in [2.45, 2.75) is 38.3 Å². The van der Waals surface area contributed by atoms with E-state index >= 15 is 0 Å². The van der Waals surface area contributed by atoms with E-state index in [1.165, 1.54) is 10.0 Å². The molecule has 0 spiro atoms. The Morgan fingerprint density at radius 3 is 2.35 bits per heavy atom. The van der Waals surface area contributed by atoms with Crippen molar-refractivity contribution in [1.29, 1.82) is 0 Å². The van der Waals surface area contributed by atoms with E-state index in [1.54, 1.807) is 0 Å².